The second kappa shape index (κ2) is 9.51. The van der Waals surface area contributed by atoms with Crippen molar-refractivity contribution >= 4 is 45.0 Å². The molecule has 0 spiro atoms. The molecule has 0 saturated heterocycles. The third-order valence-electron chi connectivity index (χ3n) is 7.30. The van der Waals surface area contributed by atoms with Gasteiger partial charge in [-0.2, -0.15) is 0 Å². The first kappa shape index (κ1) is 23.0. The van der Waals surface area contributed by atoms with Gasteiger partial charge in [-0.15, -0.1) is 0 Å². The van der Waals surface area contributed by atoms with Crippen LogP contribution in [-0.2, 0) is 19.2 Å². The van der Waals surface area contributed by atoms with Gasteiger partial charge in [0.25, 0.3) is 0 Å². The fourth-order valence-electron chi connectivity index (χ4n) is 5.11. The normalized spacial score (nSPS) is 23.9. The first-order valence-electron chi connectivity index (χ1n) is 10.7. The monoisotopic (exact) mass is 500 g/mol. The van der Waals surface area contributed by atoms with Crippen LogP contribution in [0.15, 0.2) is 0 Å². The molecule has 4 nitrogen and oxygen atoms in total. The fourth-order valence-corrected chi connectivity index (χ4v) is 40.9. The molecule has 0 bridgehead atoms. The molecule has 2 atom stereocenters. The van der Waals surface area contributed by atoms with Crippen LogP contribution in [0.2, 0.25) is 15.6 Å². The third-order valence-corrected chi connectivity index (χ3v) is 38.5. The zero-order valence-electron chi connectivity index (χ0n) is 17.6. The summed E-state index contributed by atoms with van der Waals surface area (Å²) < 4.78 is 0.781. The van der Waals surface area contributed by atoms with Gasteiger partial charge in [0, 0.05) is 0 Å². The molecule has 0 radical (unpaired) electrons. The predicted octanol–water partition coefficient (Wildman–Crippen LogP) is 4.32. The summed E-state index contributed by atoms with van der Waals surface area (Å²) in [6.45, 7) is 3.10. The van der Waals surface area contributed by atoms with Gasteiger partial charge >= 0.3 is 170 Å². The van der Waals surface area contributed by atoms with E-state index in [9.17, 15) is 19.2 Å². The van der Waals surface area contributed by atoms with Crippen molar-refractivity contribution in [3.05, 3.63) is 0 Å². The van der Waals surface area contributed by atoms with Crippen molar-refractivity contribution in [3.63, 3.8) is 0 Å². The van der Waals surface area contributed by atoms with Crippen LogP contribution < -0.4 is 0 Å². The van der Waals surface area contributed by atoms with E-state index in [0.29, 0.717) is 4.09 Å². The number of hydrogen-bond acceptors (Lipinski definition) is 4. The predicted molar refractivity (Wildman–Crippen MR) is 113 cm³/mol. The Morgan fingerprint density at radius 3 is 1.19 bits per heavy atom. The van der Waals surface area contributed by atoms with E-state index in [4.69, 9.17) is 0 Å². The summed E-state index contributed by atoms with van der Waals surface area (Å²) in [4.78, 5) is 52.3. The van der Waals surface area contributed by atoms with E-state index < -0.39 is 26.5 Å². The number of carbonyl (C=O) groups is 4. The van der Waals surface area contributed by atoms with Gasteiger partial charge in [-0.3, -0.25) is 0 Å². The second-order valence-corrected chi connectivity index (χ2v) is 30.1. The molecular weight excluding hydrogens is 461 g/mol. The zero-order valence-corrected chi connectivity index (χ0v) is 21.8. The Hall–Kier alpha value is -0.234. The number of carbonyl (C=O) groups excluding carboxylic acids is 4. The SMILES string of the molecule is C[C](=O)[Ge]([CH3])([CH2][Ge]([CH3])([C](C)=O)[C](=O)C1CCCCC1)[C](=O)C1CCCCC1. The first-order valence-corrected chi connectivity index (χ1v) is 22.1. The molecule has 2 unspecified atom stereocenters. The van der Waals surface area contributed by atoms with Gasteiger partial charge in [-0.05, 0) is 0 Å². The molecule has 2 aliphatic rings. The van der Waals surface area contributed by atoms with Crippen LogP contribution in [-0.4, -0.2) is 45.0 Å². The van der Waals surface area contributed by atoms with E-state index in [2.05, 4.69) is 0 Å². The average Bonchev–Trinajstić information content (AvgIpc) is 2.67. The van der Waals surface area contributed by atoms with Crippen LogP contribution in [0.25, 0.3) is 0 Å². The Morgan fingerprint density at radius 1 is 0.630 bits per heavy atom. The minimum absolute atomic E-state index is 0.00367. The summed E-state index contributed by atoms with van der Waals surface area (Å²) in [5.74, 6) is 3.80. The molecule has 27 heavy (non-hydrogen) atoms. The van der Waals surface area contributed by atoms with Crippen molar-refractivity contribution in [2.24, 2.45) is 11.8 Å². The summed E-state index contributed by atoms with van der Waals surface area (Å²) in [6.07, 6.45) is 10.1. The van der Waals surface area contributed by atoms with E-state index in [0.717, 1.165) is 64.2 Å². The van der Waals surface area contributed by atoms with Gasteiger partial charge in [0.15, 0.2) is 0 Å². The molecular formula is C21H36Ge2O4. The van der Waals surface area contributed by atoms with Crippen LogP contribution in [0, 0.1) is 11.8 Å². The summed E-state index contributed by atoms with van der Waals surface area (Å²) in [5, 5.41) is 0. The first-order chi connectivity index (χ1) is 12.6. The fraction of sp³-hybridized carbons (Fsp3) is 0.810. The molecule has 0 aromatic heterocycles. The number of rotatable bonds is 8. The van der Waals surface area contributed by atoms with Crippen molar-refractivity contribution in [2.45, 2.75) is 93.7 Å². The summed E-state index contributed by atoms with van der Waals surface area (Å²) >= 11 is -7.22. The number of hydrogen-bond donors (Lipinski definition) is 0. The van der Waals surface area contributed by atoms with Crippen molar-refractivity contribution in [3.8, 4) is 0 Å². The van der Waals surface area contributed by atoms with Crippen molar-refractivity contribution in [1.29, 1.82) is 0 Å². The molecule has 0 aliphatic heterocycles. The standard InChI is InChI=1S/C21H36Ge2O4/c1-16(24)22(3,20(26)18-11-7-5-8-12-18)15-23(4,17(2)25)21(27)19-13-9-6-10-14-19/h18-19H,5-15H2,1-4H3. The van der Waals surface area contributed by atoms with E-state index in [1.54, 1.807) is 13.8 Å². The Labute approximate surface area is 169 Å². The summed E-state index contributed by atoms with van der Waals surface area (Å²) in [5.41, 5.74) is 0. The van der Waals surface area contributed by atoms with Crippen molar-refractivity contribution in [1.82, 2.24) is 0 Å². The quantitative estimate of drug-likeness (QED) is 0.469. The van der Waals surface area contributed by atoms with E-state index in [1.807, 2.05) is 11.5 Å². The molecule has 0 amide bonds. The molecule has 0 heterocycles. The van der Waals surface area contributed by atoms with Crippen LogP contribution in [0.1, 0.15) is 78.1 Å². The summed E-state index contributed by atoms with van der Waals surface area (Å²) in [7, 11) is 0. The molecule has 152 valence electrons. The molecule has 0 aromatic rings. The van der Waals surface area contributed by atoms with E-state index in [-0.39, 0.29) is 30.3 Å². The Morgan fingerprint density at radius 2 is 0.926 bits per heavy atom. The molecule has 2 rings (SSSR count). The van der Waals surface area contributed by atoms with Crippen LogP contribution in [0.3, 0.4) is 0 Å². The van der Waals surface area contributed by atoms with Crippen LogP contribution in [0.5, 0.6) is 0 Å². The van der Waals surface area contributed by atoms with Gasteiger partial charge in [0.1, 0.15) is 0 Å². The van der Waals surface area contributed by atoms with Crippen LogP contribution in [0.4, 0.5) is 0 Å². The molecule has 0 N–H and O–H groups in total. The molecule has 2 saturated carbocycles. The van der Waals surface area contributed by atoms with Gasteiger partial charge in [0.05, 0.1) is 0 Å². The summed E-state index contributed by atoms with van der Waals surface area (Å²) in [6, 6.07) is 0. The molecule has 2 fully saturated rings. The van der Waals surface area contributed by atoms with Gasteiger partial charge in [0.2, 0.25) is 0 Å². The zero-order chi connectivity index (χ0) is 20.2. The van der Waals surface area contributed by atoms with Gasteiger partial charge in [-0.25, -0.2) is 0 Å². The maximum atomic E-state index is 13.4. The topological polar surface area (TPSA) is 68.3 Å². The van der Waals surface area contributed by atoms with E-state index >= 15 is 0 Å². The maximum absolute atomic E-state index is 13.4. The Bertz CT molecular complexity index is 553. The van der Waals surface area contributed by atoms with Crippen molar-refractivity contribution < 1.29 is 19.2 Å². The van der Waals surface area contributed by atoms with E-state index in [1.165, 1.54) is 0 Å². The molecule has 0 aromatic carbocycles. The van der Waals surface area contributed by atoms with Gasteiger partial charge < -0.3 is 0 Å². The minimum atomic E-state index is -3.61. The third kappa shape index (κ3) is 5.03. The Balaban J connectivity index is 2.31. The van der Waals surface area contributed by atoms with Gasteiger partial charge in [-0.1, -0.05) is 0 Å². The van der Waals surface area contributed by atoms with Crippen LogP contribution >= 0.6 is 0 Å². The van der Waals surface area contributed by atoms with Crippen molar-refractivity contribution in [2.75, 3.05) is 0 Å². The Kier molecular flexibility index (Phi) is 8.12. The average molecular weight is 498 g/mol. The second-order valence-electron chi connectivity index (χ2n) is 9.35. The molecule has 2 aliphatic carbocycles. The molecule has 6 heteroatoms.